The average Bonchev–Trinajstić information content (AvgIpc) is 2.39. The molecular formula is C13H20N2O2. The van der Waals surface area contributed by atoms with E-state index in [-0.39, 0.29) is 6.04 Å². The van der Waals surface area contributed by atoms with Crippen molar-refractivity contribution in [3.8, 4) is 5.75 Å². The van der Waals surface area contributed by atoms with Crippen LogP contribution in [0.25, 0.3) is 0 Å². The van der Waals surface area contributed by atoms with Gasteiger partial charge >= 0.3 is 0 Å². The molecule has 0 spiro atoms. The zero-order valence-electron chi connectivity index (χ0n) is 10.0. The standard InChI is InChI=1S/C13H20N2O2/c14-10-12(15-5-7-17-8-6-15)9-11-3-1-2-4-13(11)16/h1-4,12,16H,5-10,14H2. The van der Waals surface area contributed by atoms with E-state index in [1.807, 2.05) is 18.2 Å². The number of morpholine rings is 1. The van der Waals surface area contributed by atoms with Crippen molar-refractivity contribution in [1.29, 1.82) is 0 Å². The van der Waals surface area contributed by atoms with Gasteiger partial charge in [-0.25, -0.2) is 0 Å². The Bertz CT molecular complexity index is 351. The fourth-order valence-electron chi connectivity index (χ4n) is 2.24. The Labute approximate surface area is 102 Å². The summed E-state index contributed by atoms with van der Waals surface area (Å²) in [6, 6.07) is 7.75. The summed E-state index contributed by atoms with van der Waals surface area (Å²) in [6.07, 6.45) is 0.795. The lowest BCUT2D eigenvalue weighted by Crippen LogP contribution is -2.47. The SMILES string of the molecule is NCC(Cc1ccccc1O)N1CCOCC1. The van der Waals surface area contributed by atoms with Crippen molar-refractivity contribution >= 4 is 0 Å². The fourth-order valence-corrected chi connectivity index (χ4v) is 2.24. The van der Waals surface area contributed by atoms with Gasteiger partial charge in [0.2, 0.25) is 0 Å². The molecule has 1 atom stereocenters. The number of ether oxygens (including phenoxy) is 1. The van der Waals surface area contributed by atoms with Crippen LogP contribution >= 0.6 is 0 Å². The van der Waals surface area contributed by atoms with Gasteiger partial charge < -0.3 is 15.6 Å². The molecule has 1 aromatic carbocycles. The number of aromatic hydroxyl groups is 1. The van der Waals surface area contributed by atoms with Crippen molar-refractivity contribution in [3.63, 3.8) is 0 Å². The number of phenols is 1. The molecule has 0 bridgehead atoms. The molecule has 1 saturated heterocycles. The molecule has 2 rings (SSSR count). The van der Waals surface area contributed by atoms with Crippen LogP contribution in [-0.2, 0) is 11.2 Å². The predicted molar refractivity (Wildman–Crippen MR) is 67.0 cm³/mol. The third-order valence-corrected chi connectivity index (χ3v) is 3.28. The maximum absolute atomic E-state index is 9.77. The third-order valence-electron chi connectivity index (χ3n) is 3.28. The number of benzene rings is 1. The molecule has 1 heterocycles. The quantitative estimate of drug-likeness (QED) is 0.803. The molecule has 0 amide bonds. The Balaban J connectivity index is 2.01. The molecular weight excluding hydrogens is 216 g/mol. The van der Waals surface area contributed by atoms with Crippen LogP contribution in [0.5, 0.6) is 5.75 Å². The zero-order valence-corrected chi connectivity index (χ0v) is 10.0. The van der Waals surface area contributed by atoms with Crippen LogP contribution < -0.4 is 5.73 Å². The third kappa shape index (κ3) is 3.19. The summed E-state index contributed by atoms with van der Waals surface area (Å²) in [5.41, 5.74) is 6.80. The second-order valence-corrected chi connectivity index (χ2v) is 4.37. The van der Waals surface area contributed by atoms with Gasteiger partial charge in [-0.2, -0.15) is 0 Å². The lowest BCUT2D eigenvalue weighted by molar-refractivity contribution is 0.0183. The Morgan fingerprint density at radius 3 is 2.65 bits per heavy atom. The molecule has 0 aliphatic carbocycles. The molecule has 0 saturated carbocycles. The summed E-state index contributed by atoms with van der Waals surface area (Å²) < 4.78 is 5.34. The second kappa shape index (κ2) is 6.00. The van der Waals surface area contributed by atoms with Gasteiger partial charge in [-0.1, -0.05) is 18.2 Å². The highest BCUT2D eigenvalue weighted by Gasteiger charge is 2.20. The van der Waals surface area contributed by atoms with E-state index in [1.54, 1.807) is 6.07 Å². The molecule has 17 heavy (non-hydrogen) atoms. The monoisotopic (exact) mass is 236 g/mol. The highest BCUT2D eigenvalue weighted by Crippen LogP contribution is 2.19. The molecule has 1 fully saturated rings. The number of hydrogen-bond donors (Lipinski definition) is 2. The first-order chi connectivity index (χ1) is 8.31. The van der Waals surface area contributed by atoms with Gasteiger partial charge in [-0.05, 0) is 18.1 Å². The van der Waals surface area contributed by atoms with Gasteiger partial charge in [0.25, 0.3) is 0 Å². The van der Waals surface area contributed by atoms with Crippen LogP contribution in [-0.4, -0.2) is 48.9 Å². The second-order valence-electron chi connectivity index (χ2n) is 4.37. The molecule has 3 N–H and O–H groups in total. The van der Waals surface area contributed by atoms with Gasteiger partial charge in [0.05, 0.1) is 13.2 Å². The minimum Gasteiger partial charge on any atom is -0.508 e. The van der Waals surface area contributed by atoms with Crippen LogP contribution in [0.2, 0.25) is 0 Å². The van der Waals surface area contributed by atoms with E-state index < -0.39 is 0 Å². The highest BCUT2D eigenvalue weighted by atomic mass is 16.5. The maximum Gasteiger partial charge on any atom is 0.118 e. The molecule has 4 nitrogen and oxygen atoms in total. The first-order valence-corrected chi connectivity index (χ1v) is 6.10. The molecule has 0 radical (unpaired) electrons. The van der Waals surface area contributed by atoms with Crippen molar-refractivity contribution in [2.75, 3.05) is 32.8 Å². The normalized spacial score (nSPS) is 19.1. The Morgan fingerprint density at radius 1 is 1.29 bits per heavy atom. The van der Waals surface area contributed by atoms with Crippen LogP contribution in [0, 0.1) is 0 Å². The van der Waals surface area contributed by atoms with Gasteiger partial charge in [0.15, 0.2) is 0 Å². The Hall–Kier alpha value is -1.10. The predicted octanol–water partition coefficient (Wildman–Crippen LogP) is 0.594. The van der Waals surface area contributed by atoms with Crippen LogP contribution in [0.15, 0.2) is 24.3 Å². The van der Waals surface area contributed by atoms with Crippen molar-refractivity contribution < 1.29 is 9.84 Å². The molecule has 1 aliphatic rings. The van der Waals surface area contributed by atoms with E-state index in [4.69, 9.17) is 10.5 Å². The number of hydrogen-bond acceptors (Lipinski definition) is 4. The molecule has 0 aromatic heterocycles. The van der Waals surface area contributed by atoms with E-state index in [2.05, 4.69) is 4.90 Å². The van der Waals surface area contributed by atoms with Crippen LogP contribution in [0.1, 0.15) is 5.56 Å². The zero-order chi connectivity index (χ0) is 12.1. The number of para-hydroxylation sites is 1. The lowest BCUT2D eigenvalue weighted by Gasteiger charge is -2.34. The summed E-state index contributed by atoms with van der Waals surface area (Å²) in [5.74, 6) is 0.360. The summed E-state index contributed by atoms with van der Waals surface area (Å²) in [6.45, 7) is 4.01. The van der Waals surface area contributed by atoms with Gasteiger partial charge in [0, 0.05) is 25.7 Å². The molecule has 1 aromatic rings. The van der Waals surface area contributed by atoms with Crippen molar-refractivity contribution in [2.24, 2.45) is 5.73 Å². The maximum atomic E-state index is 9.77. The minimum absolute atomic E-state index is 0.284. The summed E-state index contributed by atoms with van der Waals surface area (Å²) >= 11 is 0. The molecule has 94 valence electrons. The number of nitrogens with zero attached hydrogens (tertiary/aromatic N) is 1. The highest BCUT2D eigenvalue weighted by molar-refractivity contribution is 5.32. The van der Waals surface area contributed by atoms with E-state index in [0.29, 0.717) is 12.3 Å². The molecule has 1 aliphatic heterocycles. The fraction of sp³-hybridized carbons (Fsp3) is 0.538. The van der Waals surface area contributed by atoms with Crippen molar-refractivity contribution in [1.82, 2.24) is 4.90 Å². The first-order valence-electron chi connectivity index (χ1n) is 6.10. The Morgan fingerprint density at radius 2 is 2.00 bits per heavy atom. The van der Waals surface area contributed by atoms with Crippen molar-refractivity contribution in [3.05, 3.63) is 29.8 Å². The van der Waals surface area contributed by atoms with E-state index in [0.717, 1.165) is 38.3 Å². The minimum atomic E-state index is 0.284. The topological polar surface area (TPSA) is 58.7 Å². The average molecular weight is 236 g/mol. The van der Waals surface area contributed by atoms with Crippen LogP contribution in [0.3, 0.4) is 0 Å². The number of rotatable bonds is 4. The van der Waals surface area contributed by atoms with Gasteiger partial charge in [-0.3, -0.25) is 4.90 Å². The van der Waals surface area contributed by atoms with Crippen molar-refractivity contribution in [2.45, 2.75) is 12.5 Å². The number of phenolic OH excluding ortho intramolecular Hbond substituents is 1. The van der Waals surface area contributed by atoms with E-state index >= 15 is 0 Å². The summed E-state index contributed by atoms with van der Waals surface area (Å²) in [5, 5.41) is 9.77. The lowest BCUT2D eigenvalue weighted by atomic mass is 10.0. The summed E-state index contributed by atoms with van der Waals surface area (Å²) in [7, 11) is 0. The molecule has 1 unspecified atom stereocenters. The molecule has 4 heteroatoms. The van der Waals surface area contributed by atoms with E-state index in [9.17, 15) is 5.11 Å². The van der Waals surface area contributed by atoms with Crippen LogP contribution in [0.4, 0.5) is 0 Å². The Kier molecular flexibility index (Phi) is 4.36. The van der Waals surface area contributed by atoms with Gasteiger partial charge in [0.1, 0.15) is 5.75 Å². The summed E-state index contributed by atoms with van der Waals surface area (Å²) in [4.78, 5) is 2.34. The smallest absolute Gasteiger partial charge is 0.118 e. The largest absolute Gasteiger partial charge is 0.508 e. The van der Waals surface area contributed by atoms with Gasteiger partial charge in [-0.15, -0.1) is 0 Å². The first kappa shape index (κ1) is 12.4. The number of nitrogens with two attached hydrogens (primary N) is 1. The van der Waals surface area contributed by atoms with E-state index in [1.165, 1.54) is 0 Å².